The van der Waals surface area contributed by atoms with E-state index in [9.17, 15) is 0 Å². The number of aromatic nitrogens is 2. The van der Waals surface area contributed by atoms with Gasteiger partial charge >= 0.3 is 0 Å². The van der Waals surface area contributed by atoms with Gasteiger partial charge in [-0.3, -0.25) is 4.68 Å². The molecule has 0 spiro atoms. The Morgan fingerprint density at radius 2 is 1.84 bits per heavy atom. The van der Waals surface area contributed by atoms with Gasteiger partial charge < -0.3 is 5.32 Å². The Labute approximate surface area is 118 Å². The molecule has 0 aliphatic heterocycles. The van der Waals surface area contributed by atoms with E-state index in [2.05, 4.69) is 62.1 Å². The number of hydrogen-bond acceptors (Lipinski definition) is 2. The highest BCUT2D eigenvalue weighted by atomic mass is 15.3. The smallest absolute Gasteiger partial charge is 0.0640 e. The summed E-state index contributed by atoms with van der Waals surface area (Å²) in [6.45, 7) is 8.90. The second-order valence-electron chi connectivity index (χ2n) is 5.82. The van der Waals surface area contributed by atoms with E-state index in [-0.39, 0.29) is 0 Å². The van der Waals surface area contributed by atoms with Crippen molar-refractivity contribution < 1.29 is 0 Å². The fourth-order valence-corrected chi connectivity index (χ4v) is 2.79. The van der Waals surface area contributed by atoms with Crippen LogP contribution in [0.5, 0.6) is 0 Å². The van der Waals surface area contributed by atoms with E-state index in [0.717, 1.165) is 12.3 Å². The van der Waals surface area contributed by atoms with Crippen LogP contribution in [0.15, 0.2) is 12.3 Å². The first-order valence-electron chi connectivity index (χ1n) is 7.83. The molecular weight excluding hydrogens is 234 g/mol. The van der Waals surface area contributed by atoms with Gasteiger partial charge in [-0.05, 0) is 45.7 Å². The molecule has 1 atom stereocenters. The zero-order chi connectivity index (χ0) is 14.3. The van der Waals surface area contributed by atoms with E-state index in [4.69, 9.17) is 0 Å². The maximum absolute atomic E-state index is 4.68. The van der Waals surface area contributed by atoms with Gasteiger partial charge in [0.15, 0.2) is 0 Å². The van der Waals surface area contributed by atoms with Gasteiger partial charge in [-0.15, -0.1) is 0 Å². The van der Waals surface area contributed by atoms with Crippen LogP contribution in [-0.2, 0) is 6.42 Å². The summed E-state index contributed by atoms with van der Waals surface area (Å²) < 4.78 is 2.05. The van der Waals surface area contributed by atoms with Gasteiger partial charge in [-0.2, -0.15) is 5.10 Å². The Bertz CT molecular complexity index is 338. The maximum atomic E-state index is 4.68. The molecule has 1 aromatic heterocycles. The van der Waals surface area contributed by atoms with Gasteiger partial charge in [0.25, 0.3) is 0 Å². The molecule has 0 aliphatic rings. The summed E-state index contributed by atoms with van der Waals surface area (Å²) in [4.78, 5) is 0. The van der Waals surface area contributed by atoms with Crippen molar-refractivity contribution in [2.24, 2.45) is 5.92 Å². The average molecular weight is 265 g/mol. The number of hydrogen-bond donors (Lipinski definition) is 1. The van der Waals surface area contributed by atoms with E-state index in [1.807, 2.05) is 0 Å². The van der Waals surface area contributed by atoms with E-state index >= 15 is 0 Å². The molecule has 0 amide bonds. The summed E-state index contributed by atoms with van der Waals surface area (Å²) in [5, 5.41) is 8.19. The third-order valence-electron chi connectivity index (χ3n) is 3.88. The Balaban J connectivity index is 2.67. The lowest BCUT2D eigenvalue weighted by Crippen LogP contribution is -2.35. The Morgan fingerprint density at radius 1 is 1.21 bits per heavy atom. The van der Waals surface area contributed by atoms with Crippen molar-refractivity contribution in [1.29, 1.82) is 0 Å². The molecular formula is C16H31N3. The lowest BCUT2D eigenvalue weighted by atomic mass is 9.88. The van der Waals surface area contributed by atoms with Gasteiger partial charge in [0.1, 0.15) is 0 Å². The first-order chi connectivity index (χ1) is 9.12. The maximum Gasteiger partial charge on any atom is 0.0640 e. The molecule has 1 aromatic rings. The predicted molar refractivity (Wildman–Crippen MR) is 82.5 cm³/mol. The summed E-state index contributed by atoms with van der Waals surface area (Å²) in [6, 6.07) is 3.17. The zero-order valence-electron chi connectivity index (χ0n) is 13.3. The third kappa shape index (κ3) is 4.98. The molecule has 0 aliphatic carbocycles. The predicted octanol–water partition coefficient (Wildman–Crippen LogP) is 3.81. The summed E-state index contributed by atoms with van der Waals surface area (Å²) in [5.74, 6) is 0.768. The van der Waals surface area contributed by atoms with Crippen molar-refractivity contribution in [2.75, 3.05) is 7.05 Å². The lowest BCUT2D eigenvalue weighted by molar-refractivity contribution is 0.320. The molecule has 0 saturated carbocycles. The molecule has 1 N–H and O–H groups in total. The van der Waals surface area contributed by atoms with Gasteiger partial charge in [0.2, 0.25) is 0 Å². The van der Waals surface area contributed by atoms with Crippen LogP contribution in [0.1, 0.15) is 65.1 Å². The van der Waals surface area contributed by atoms with Crippen LogP contribution in [0, 0.1) is 5.92 Å². The van der Waals surface area contributed by atoms with E-state index in [1.54, 1.807) is 0 Å². The number of likely N-dealkylation sites (N-methyl/N-ethyl adjacent to an activating group) is 1. The molecule has 1 rings (SSSR count). The first-order valence-corrected chi connectivity index (χ1v) is 7.83. The van der Waals surface area contributed by atoms with E-state index in [0.29, 0.717) is 12.1 Å². The number of nitrogens with zero attached hydrogens (tertiary/aromatic N) is 2. The molecule has 1 unspecified atom stereocenters. The van der Waals surface area contributed by atoms with Crippen molar-refractivity contribution >= 4 is 0 Å². The van der Waals surface area contributed by atoms with Crippen molar-refractivity contribution in [3.8, 4) is 0 Å². The van der Waals surface area contributed by atoms with Crippen molar-refractivity contribution in [2.45, 2.75) is 71.9 Å². The summed E-state index contributed by atoms with van der Waals surface area (Å²) in [5.41, 5.74) is 1.21. The van der Waals surface area contributed by atoms with Gasteiger partial charge in [-0.1, -0.05) is 26.7 Å². The second kappa shape index (κ2) is 8.36. The van der Waals surface area contributed by atoms with Crippen LogP contribution in [0.2, 0.25) is 0 Å². The van der Waals surface area contributed by atoms with Crippen molar-refractivity contribution in [3.63, 3.8) is 0 Å². The third-order valence-corrected chi connectivity index (χ3v) is 3.88. The molecule has 0 saturated heterocycles. The topological polar surface area (TPSA) is 29.9 Å². The fourth-order valence-electron chi connectivity index (χ4n) is 2.79. The largest absolute Gasteiger partial charge is 0.316 e. The van der Waals surface area contributed by atoms with E-state index in [1.165, 1.54) is 31.4 Å². The molecule has 19 heavy (non-hydrogen) atoms. The highest BCUT2D eigenvalue weighted by Gasteiger charge is 2.20. The molecule has 0 bridgehead atoms. The minimum absolute atomic E-state index is 0.448. The minimum atomic E-state index is 0.448. The Morgan fingerprint density at radius 3 is 2.26 bits per heavy atom. The molecule has 3 heteroatoms. The summed E-state index contributed by atoms with van der Waals surface area (Å²) in [7, 11) is 2.09. The van der Waals surface area contributed by atoms with Gasteiger partial charge in [-0.25, -0.2) is 0 Å². The quantitative estimate of drug-likeness (QED) is 0.736. The summed E-state index contributed by atoms with van der Waals surface area (Å²) >= 11 is 0. The second-order valence-corrected chi connectivity index (χ2v) is 5.82. The van der Waals surface area contributed by atoms with Crippen molar-refractivity contribution in [1.82, 2.24) is 15.1 Å². The monoisotopic (exact) mass is 265 g/mol. The zero-order valence-corrected chi connectivity index (χ0v) is 13.3. The first kappa shape index (κ1) is 16.2. The normalized spacial score (nSPS) is 13.4. The standard InChI is InChI=1S/C16H31N3/c1-6-8-14(9-7-2)16(17-5)12-15-10-11-19(18-15)13(3)4/h10-11,13-14,16-17H,6-9,12H2,1-5H3. The number of rotatable bonds is 9. The minimum Gasteiger partial charge on any atom is -0.316 e. The Hall–Kier alpha value is -0.830. The van der Waals surface area contributed by atoms with Crippen LogP contribution in [-0.4, -0.2) is 22.9 Å². The van der Waals surface area contributed by atoms with Crippen LogP contribution >= 0.6 is 0 Å². The highest BCUT2D eigenvalue weighted by Crippen LogP contribution is 2.20. The molecule has 110 valence electrons. The molecule has 3 nitrogen and oxygen atoms in total. The molecule has 1 heterocycles. The van der Waals surface area contributed by atoms with Crippen LogP contribution < -0.4 is 5.32 Å². The Kier molecular flexibility index (Phi) is 7.14. The fraction of sp³-hybridized carbons (Fsp3) is 0.812. The lowest BCUT2D eigenvalue weighted by Gasteiger charge is -2.26. The SMILES string of the molecule is CCCC(CCC)C(Cc1ccn(C(C)C)n1)NC. The van der Waals surface area contributed by atoms with Crippen LogP contribution in [0.3, 0.4) is 0 Å². The van der Waals surface area contributed by atoms with Crippen molar-refractivity contribution in [3.05, 3.63) is 18.0 Å². The van der Waals surface area contributed by atoms with Crippen LogP contribution in [0.4, 0.5) is 0 Å². The molecule has 0 aromatic carbocycles. The molecule has 0 fully saturated rings. The van der Waals surface area contributed by atoms with Gasteiger partial charge in [0, 0.05) is 24.7 Å². The summed E-state index contributed by atoms with van der Waals surface area (Å²) in [6.07, 6.45) is 8.29. The average Bonchev–Trinajstić information content (AvgIpc) is 2.84. The molecule has 0 radical (unpaired) electrons. The number of nitrogens with one attached hydrogen (secondary N) is 1. The van der Waals surface area contributed by atoms with Gasteiger partial charge in [0.05, 0.1) is 5.69 Å². The van der Waals surface area contributed by atoms with E-state index < -0.39 is 0 Å². The highest BCUT2D eigenvalue weighted by molar-refractivity contribution is 5.03. The van der Waals surface area contributed by atoms with Crippen LogP contribution in [0.25, 0.3) is 0 Å².